The zero-order valence-electron chi connectivity index (χ0n) is 18.3. The first kappa shape index (κ1) is 22.9. The van der Waals surface area contributed by atoms with E-state index in [2.05, 4.69) is 16.2 Å². The summed E-state index contributed by atoms with van der Waals surface area (Å²) in [6.45, 7) is 0.335. The van der Waals surface area contributed by atoms with Gasteiger partial charge in [-0.05, 0) is 46.2 Å². The van der Waals surface area contributed by atoms with Crippen molar-refractivity contribution in [1.82, 2.24) is 16.2 Å². The highest BCUT2D eigenvalue weighted by molar-refractivity contribution is 7.80. The molecule has 4 aromatic rings. The van der Waals surface area contributed by atoms with Crippen LogP contribution in [-0.4, -0.2) is 16.9 Å². The van der Waals surface area contributed by atoms with E-state index in [0.717, 1.165) is 21.9 Å². The van der Waals surface area contributed by atoms with Gasteiger partial charge in [-0.1, -0.05) is 84.9 Å². The summed E-state index contributed by atoms with van der Waals surface area (Å²) in [6, 6.07) is 30.3. The molecule has 0 bridgehead atoms. The maximum Gasteiger partial charge on any atom is 0.273 e. The molecule has 0 radical (unpaired) electrons. The van der Waals surface area contributed by atoms with Gasteiger partial charge in [0.25, 0.3) is 5.91 Å². The van der Waals surface area contributed by atoms with Gasteiger partial charge in [0.1, 0.15) is 12.4 Å². The fourth-order valence-corrected chi connectivity index (χ4v) is 3.68. The van der Waals surface area contributed by atoms with Crippen LogP contribution in [0.3, 0.4) is 0 Å². The second-order valence-corrected chi connectivity index (χ2v) is 7.95. The fourth-order valence-electron chi connectivity index (χ4n) is 3.52. The molecule has 170 valence electrons. The summed E-state index contributed by atoms with van der Waals surface area (Å²) in [5.74, 6) is -0.277. The average Bonchev–Trinajstić information content (AvgIpc) is 2.87. The van der Waals surface area contributed by atoms with Crippen molar-refractivity contribution in [3.05, 3.63) is 114 Å². The molecule has 0 aromatic heterocycles. The summed E-state index contributed by atoms with van der Waals surface area (Å²) >= 11 is 5.17. The number of rotatable bonds is 6. The third-order valence-electron chi connectivity index (χ3n) is 5.14. The number of para-hydroxylation sites is 1. The van der Waals surface area contributed by atoms with Gasteiger partial charge in [0.15, 0.2) is 5.11 Å². The number of fused-ring (bicyclic) bond motifs is 1. The zero-order valence-corrected chi connectivity index (χ0v) is 19.1. The Morgan fingerprint density at radius 2 is 1.47 bits per heavy atom. The van der Waals surface area contributed by atoms with Gasteiger partial charge in [0, 0.05) is 0 Å². The van der Waals surface area contributed by atoms with Gasteiger partial charge in [-0.3, -0.25) is 20.4 Å². The summed E-state index contributed by atoms with van der Waals surface area (Å²) in [6.07, 6.45) is 0.160. The molecule has 0 atom stereocenters. The molecule has 0 heterocycles. The normalized spacial score (nSPS) is 10.4. The van der Waals surface area contributed by atoms with Gasteiger partial charge in [-0.25, -0.2) is 0 Å². The van der Waals surface area contributed by atoms with Crippen LogP contribution in [0.4, 0.5) is 0 Å². The average molecular weight is 470 g/mol. The van der Waals surface area contributed by atoms with Crippen molar-refractivity contribution in [3.8, 4) is 5.75 Å². The lowest BCUT2D eigenvalue weighted by molar-refractivity contribution is -0.119. The van der Waals surface area contributed by atoms with Gasteiger partial charge in [-0.2, -0.15) is 0 Å². The number of nitrogens with one attached hydrogen (secondary N) is 3. The first-order valence-electron chi connectivity index (χ1n) is 10.7. The van der Waals surface area contributed by atoms with Crippen LogP contribution in [0.15, 0.2) is 97.1 Å². The molecule has 6 nitrogen and oxygen atoms in total. The van der Waals surface area contributed by atoms with Crippen molar-refractivity contribution in [1.29, 1.82) is 0 Å². The van der Waals surface area contributed by atoms with E-state index in [-0.39, 0.29) is 17.4 Å². The zero-order chi connectivity index (χ0) is 23.8. The molecule has 4 aromatic carbocycles. The number of ether oxygens (including phenoxy) is 1. The Kier molecular flexibility index (Phi) is 7.47. The number of thiocarbonyl (C=S) groups is 1. The van der Waals surface area contributed by atoms with Crippen molar-refractivity contribution in [2.45, 2.75) is 13.0 Å². The molecule has 0 saturated carbocycles. The van der Waals surface area contributed by atoms with Crippen molar-refractivity contribution in [2.75, 3.05) is 0 Å². The van der Waals surface area contributed by atoms with E-state index in [1.165, 1.54) is 0 Å². The summed E-state index contributed by atoms with van der Waals surface area (Å²) in [7, 11) is 0. The summed E-state index contributed by atoms with van der Waals surface area (Å²) in [4.78, 5) is 25.2. The predicted molar refractivity (Wildman–Crippen MR) is 136 cm³/mol. The highest BCUT2D eigenvalue weighted by Crippen LogP contribution is 2.20. The van der Waals surface area contributed by atoms with Crippen LogP contribution in [0.5, 0.6) is 5.75 Å². The maximum absolute atomic E-state index is 12.7. The van der Waals surface area contributed by atoms with Crippen molar-refractivity contribution in [3.63, 3.8) is 0 Å². The number of hydrogen-bond donors (Lipinski definition) is 3. The second kappa shape index (κ2) is 11.1. The molecule has 0 aliphatic carbocycles. The molecule has 7 heteroatoms. The van der Waals surface area contributed by atoms with Gasteiger partial charge in [0.2, 0.25) is 5.91 Å². The molecule has 0 aliphatic heterocycles. The molecular weight excluding hydrogens is 446 g/mol. The molecule has 2 amide bonds. The lowest BCUT2D eigenvalue weighted by Crippen LogP contribution is -2.48. The molecule has 3 N–H and O–H groups in total. The van der Waals surface area contributed by atoms with Gasteiger partial charge in [-0.15, -0.1) is 0 Å². The standard InChI is InChI=1S/C27H23N3O3S/c31-25(17-21-13-8-12-20-11-4-5-14-22(20)21)28-27(34)30-29-26(32)23-15-6-7-16-24(23)33-18-19-9-2-1-3-10-19/h1-16H,17-18H2,(H,29,32)(H2,28,30,31,34). The number of carbonyl (C=O) groups is 2. The largest absolute Gasteiger partial charge is 0.488 e. The van der Waals surface area contributed by atoms with E-state index in [0.29, 0.717) is 17.9 Å². The minimum absolute atomic E-state index is 0.00118. The van der Waals surface area contributed by atoms with E-state index in [1.807, 2.05) is 72.8 Å². The lowest BCUT2D eigenvalue weighted by atomic mass is 10.0. The van der Waals surface area contributed by atoms with Crippen LogP contribution in [0.25, 0.3) is 10.8 Å². The van der Waals surface area contributed by atoms with E-state index >= 15 is 0 Å². The molecular formula is C27H23N3O3S. The third-order valence-corrected chi connectivity index (χ3v) is 5.35. The molecule has 0 unspecified atom stereocenters. The summed E-state index contributed by atoms with van der Waals surface area (Å²) in [5, 5.41) is 4.67. The topological polar surface area (TPSA) is 79.5 Å². The highest BCUT2D eigenvalue weighted by Gasteiger charge is 2.14. The molecule has 0 fully saturated rings. The third kappa shape index (κ3) is 5.96. The Labute approximate surface area is 202 Å². The van der Waals surface area contributed by atoms with Crippen LogP contribution in [0.1, 0.15) is 21.5 Å². The summed E-state index contributed by atoms with van der Waals surface area (Å²) < 4.78 is 5.83. The number of hydrazine groups is 1. The quantitative estimate of drug-likeness (QED) is 0.290. The highest BCUT2D eigenvalue weighted by atomic mass is 32.1. The smallest absolute Gasteiger partial charge is 0.273 e. The van der Waals surface area contributed by atoms with Crippen LogP contribution in [0.2, 0.25) is 0 Å². The van der Waals surface area contributed by atoms with Gasteiger partial charge in [0.05, 0.1) is 12.0 Å². The van der Waals surface area contributed by atoms with Crippen LogP contribution in [-0.2, 0) is 17.8 Å². The first-order chi connectivity index (χ1) is 16.6. The monoisotopic (exact) mass is 469 g/mol. The Hall–Kier alpha value is -4.23. The molecule has 0 aliphatic rings. The van der Waals surface area contributed by atoms with Crippen LogP contribution < -0.4 is 20.9 Å². The lowest BCUT2D eigenvalue weighted by Gasteiger charge is -2.14. The summed E-state index contributed by atoms with van der Waals surface area (Å²) in [5.41, 5.74) is 7.32. The van der Waals surface area contributed by atoms with Gasteiger partial charge < -0.3 is 10.1 Å². The van der Waals surface area contributed by atoms with Crippen LogP contribution >= 0.6 is 12.2 Å². The SMILES string of the molecule is O=C(Cc1cccc2ccccc12)NC(=S)NNC(=O)c1ccccc1OCc1ccccc1. The minimum atomic E-state index is -0.436. The number of carbonyl (C=O) groups excluding carboxylic acids is 2. The van der Waals surface area contributed by atoms with E-state index < -0.39 is 5.91 Å². The Morgan fingerprint density at radius 3 is 2.32 bits per heavy atom. The maximum atomic E-state index is 12.7. The molecule has 0 saturated heterocycles. The Balaban J connectivity index is 1.31. The second-order valence-electron chi connectivity index (χ2n) is 7.54. The molecule has 0 spiro atoms. The number of hydrogen-bond acceptors (Lipinski definition) is 4. The molecule has 4 rings (SSSR count). The minimum Gasteiger partial charge on any atom is -0.488 e. The van der Waals surface area contributed by atoms with Crippen molar-refractivity contribution < 1.29 is 14.3 Å². The van der Waals surface area contributed by atoms with Crippen molar-refractivity contribution in [2.24, 2.45) is 0 Å². The first-order valence-corrected chi connectivity index (χ1v) is 11.1. The predicted octanol–water partition coefficient (Wildman–Crippen LogP) is 4.30. The van der Waals surface area contributed by atoms with E-state index in [9.17, 15) is 9.59 Å². The van der Waals surface area contributed by atoms with E-state index in [4.69, 9.17) is 17.0 Å². The van der Waals surface area contributed by atoms with Gasteiger partial charge >= 0.3 is 0 Å². The van der Waals surface area contributed by atoms with Crippen molar-refractivity contribution >= 4 is 39.9 Å². The van der Waals surface area contributed by atoms with E-state index in [1.54, 1.807) is 24.3 Å². The molecule has 34 heavy (non-hydrogen) atoms. The number of amides is 2. The fraction of sp³-hybridized carbons (Fsp3) is 0.0741. The number of benzene rings is 4. The van der Waals surface area contributed by atoms with Crippen LogP contribution in [0, 0.1) is 0 Å². The Bertz CT molecular complexity index is 1320. The Morgan fingerprint density at radius 1 is 0.765 bits per heavy atom.